The van der Waals surface area contributed by atoms with E-state index in [-0.39, 0.29) is 22.8 Å². The van der Waals surface area contributed by atoms with Gasteiger partial charge in [-0.25, -0.2) is 14.4 Å². The van der Waals surface area contributed by atoms with Crippen molar-refractivity contribution < 1.29 is 9.18 Å². The van der Waals surface area contributed by atoms with Gasteiger partial charge in [-0.3, -0.25) is 9.36 Å². The molecule has 2 aromatic heterocycles. The molecule has 146 valence electrons. The van der Waals surface area contributed by atoms with E-state index in [0.717, 1.165) is 12.8 Å². The maximum atomic E-state index is 14.6. The topological polar surface area (TPSA) is 59.8 Å². The smallest absolute Gasteiger partial charge is 0.253 e. The summed E-state index contributed by atoms with van der Waals surface area (Å²) in [4.78, 5) is 21.4. The first kappa shape index (κ1) is 19.7. The molecule has 0 aliphatic rings. The Kier molecular flexibility index (Phi) is 6.19. The third-order valence-corrected chi connectivity index (χ3v) is 4.96. The molecule has 1 atom stereocenters. The summed E-state index contributed by atoms with van der Waals surface area (Å²) in [5.41, 5.74) is 2.11. The van der Waals surface area contributed by atoms with Gasteiger partial charge < -0.3 is 5.32 Å². The molecule has 0 aliphatic heterocycles. The van der Waals surface area contributed by atoms with Crippen LogP contribution in [0.5, 0.6) is 0 Å². The molecule has 0 radical (unpaired) electrons. The Morgan fingerprint density at radius 3 is 2.68 bits per heavy atom. The highest BCUT2D eigenvalue weighted by molar-refractivity contribution is 6.07. The van der Waals surface area contributed by atoms with Gasteiger partial charge in [-0.1, -0.05) is 31.6 Å². The Bertz CT molecular complexity index is 994. The van der Waals surface area contributed by atoms with Crippen LogP contribution in [0.25, 0.3) is 16.9 Å². The van der Waals surface area contributed by atoms with E-state index in [1.165, 1.54) is 11.6 Å². The van der Waals surface area contributed by atoms with Gasteiger partial charge >= 0.3 is 0 Å². The number of hydrogen-bond acceptors (Lipinski definition) is 3. The van der Waals surface area contributed by atoms with E-state index in [4.69, 9.17) is 0 Å². The lowest BCUT2D eigenvalue weighted by atomic mass is 9.96. The average molecular weight is 380 g/mol. The molecular weight excluding hydrogens is 355 g/mol. The lowest BCUT2D eigenvalue weighted by molar-refractivity contribution is 0.0950. The zero-order valence-corrected chi connectivity index (χ0v) is 16.4. The van der Waals surface area contributed by atoms with Gasteiger partial charge in [0, 0.05) is 30.5 Å². The SMILES string of the molecule is CC/C=C(\C)C(CC)CNC(=O)c1cn(-c2ncccn2)c2cccc(F)c12. The van der Waals surface area contributed by atoms with Crippen LogP contribution in [0.1, 0.15) is 44.0 Å². The minimum absolute atomic E-state index is 0.263. The number of hydrogen-bond donors (Lipinski definition) is 1. The van der Waals surface area contributed by atoms with Gasteiger partial charge in [0.15, 0.2) is 0 Å². The second-order valence-corrected chi connectivity index (χ2v) is 6.77. The third kappa shape index (κ3) is 3.96. The van der Waals surface area contributed by atoms with E-state index >= 15 is 0 Å². The lowest BCUT2D eigenvalue weighted by Crippen LogP contribution is -2.29. The van der Waals surface area contributed by atoms with Crippen molar-refractivity contribution in [2.45, 2.75) is 33.6 Å². The minimum atomic E-state index is -0.438. The Hall–Kier alpha value is -3.02. The average Bonchev–Trinajstić information content (AvgIpc) is 3.10. The zero-order valence-electron chi connectivity index (χ0n) is 16.4. The van der Waals surface area contributed by atoms with Crippen LogP contribution in [-0.4, -0.2) is 27.0 Å². The van der Waals surface area contributed by atoms with Gasteiger partial charge in [-0.05, 0) is 43.9 Å². The summed E-state index contributed by atoms with van der Waals surface area (Å²) >= 11 is 0. The molecule has 0 spiro atoms. The Balaban J connectivity index is 1.94. The summed E-state index contributed by atoms with van der Waals surface area (Å²) in [6.07, 6.45) is 8.90. The second-order valence-electron chi connectivity index (χ2n) is 6.77. The Labute approximate surface area is 164 Å². The fourth-order valence-corrected chi connectivity index (χ4v) is 3.42. The van der Waals surface area contributed by atoms with Crippen molar-refractivity contribution in [3.63, 3.8) is 0 Å². The number of nitrogens with one attached hydrogen (secondary N) is 1. The number of allylic oxidation sites excluding steroid dienone is 1. The molecule has 0 bridgehead atoms. The summed E-state index contributed by atoms with van der Waals surface area (Å²) in [6.45, 7) is 6.79. The summed E-state index contributed by atoms with van der Waals surface area (Å²) in [7, 11) is 0. The van der Waals surface area contributed by atoms with Crippen molar-refractivity contribution in [1.82, 2.24) is 19.9 Å². The maximum Gasteiger partial charge on any atom is 0.253 e. The van der Waals surface area contributed by atoms with Gasteiger partial charge in [0.25, 0.3) is 5.91 Å². The Morgan fingerprint density at radius 2 is 2.00 bits per heavy atom. The van der Waals surface area contributed by atoms with E-state index in [9.17, 15) is 9.18 Å². The summed E-state index contributed by atoms with van der Waals surface area (Å²) < 4.78 is 16.2. The zero-order chi connectivity index (χ0) is 20.1. The van der Waals surface area contributed by atoms with E-state index < -0.39 is 5.82 Å². The molecule has 1 aromatic carbocycles. The van der Waals surface area contributed by atoms with Gasteiger partial charge in [0.05, 0.1) is 11.1 Å². The van der Waals surface area contributed by atoms with Crippen LogP contribution < -0.4 is 5.32 Å². The Morgan fingerprint density at radius 1 is 1.25 bits per heavy atom. The van der Waals surface area contributed by atoms with Gasteiger partial charge in [0.2, 0.25) is 5.95 Å². The maximum absolute atomic E-state index is 14.6. The van der Waals surface area contributed by atoms with Crippen LogP contribution in [0, 0.1) is 11.7 Å². The predicted octanol–water partition coefficient (Wildman–Crippen LogP) is 4.67. The number of nitrogens with zero attached hydrogens (tertiary/aromatic N) is 3. The van der Waals surface area contributed by atoms with Crippen LogP contribution in [0.4, 0.5) is 4.39 Å². The van der Waals surface area contributed by atoms with Gasteiger partial charge in [-0.15, -0.1) is 0 Å². The number of fused-ring (bicyclic) bond motifs is 1. The summed E-state index contributed by atoms with van der Waals surface area (Å²) in [6, 6.07) is 6.44. The standard InChI is InChI=1S/C22H25FN4O/c1-4-8-15(3)16(5-2)13-26-21(28)17-14-27(22-24-11-7-12-25-22)19-10-6-9-18(23)20(17)19/h6-12,14,16H,4-5,13H2,1-3H3,(H,26,28)/b15-8+. The highest BCUT2D eigenvalue weighted by atomic mass is 19.1. The van der Waals surface area contributed by atoms with Gasteiger partial charge in [-0.2, -0.15) is 0 Å². The first-order chi connectivity index (χ1) is 13.6. The second kappa shape index (κ2) is 8.78. The molecule has 6 heteroatoms. The normalized spacial score (nSPS) is 12.9. The number of carbonyl (C=O) groups excluding carboxylic acids is 1. The molecule has 1 amide bonds. The number of amides is 1. The molecule has 0 saturated heterocycles. The molecule has 0 saturated carbocycles. The van der Waals surface area contributed by atoms with Crippen molar-refractivity contribution in [3.8, 4) is 5.95 Å². The summed E-state index contributed by atoms with van der Waals surface area (Å²) in [5, 5.41) is 3.25. The van der Waals surface area contributed by atoms with Crippen molar-refractivity contribution in [3.05, 3.63) is 65.9 Å². The van der Waals surface area contributed by atoms with E-state index in [0.29, 0.717) is 18.0 Å². The van der Waals surface area contributed by atoms with Crippen LogP contribution in [0.3, 0.4) is 0 Å². The quantitative estimate of drug-likeness (QED) is 0.606. The van der Waals surface area contributed by atoms with Gasteiger partial charge in [0.1, 0.15) is 5.82 Å². The lowest BCUT2D eigenvalue weighted by Gasteiger charge is -2.16. The van der Waals surface area contributed by atoms with E-state index in [1.54, 1.807) is 41.4 Å². The largest absolute Gasteiger partial charge is 0.351 e. The molecule has 0 fully saturated rings. The van der Waals surface area contributed by atoms with Crippen molar-refractivity contribution in [2.75, 3.05) is 6.54 Å². The molecule has 28 heavy (non-hydrogen) atoms. The molecule has 0 aliphatic carbocycles. The number of aromatic nitrogens is 3. The minimum Gasteiger partial charge on any atom is -0.351 e. The van der Waals surface area contributed by atoms with Crippen LogP contribution in [-0.2, 0) is 0 Å². The van der Waals surface area contributed by atoms with Crippen molar-refractivity contribution in [1.29, 1.82) is 0 Å². The molecule has 3 rings (SSSR count). The first-order valence-electron chi connectivity index (χ1n) is 9.58. The van der Waals surface area contributed by atoms with Crippen molar-refractivity contribution in [2.24, 2.45) is 5.92 Å². The third-order valence-electron chi connectivity index (χ3n) is 4.96. The summed E-state index contributed by atoms with van der Waals surface area (Å²) in [5.74, 6) is -0.0798. The van der Waals surface area contributed by atoms with Crippen LogP contribution >= 0.6 is 0 Å². The van der Waals surface area contributed by atoms with E-state index in [2.05, 4.69) is 42.1 Å². The number of rotatable bonds is 7. The molecule has 3 aromatic rings. The molecular formula is C22H25FN4O. The van der Waals surface area contributed by atoms with Crippen LogP contribution in [0.15, 0.2) is 54.5 Å². The molecule has 2 heterocycles. The fourth-order valence-electron chi connectivity index (χ4n) is 3.42. The number of benzene rings is 1. The van der Waals surface area contributed by atoms with Crippen LogP contribution in [0.2, 0.25) is 0 Å². The molecule has 1 N–H and O–H groups in total. The highest BCUT2D eigenvalue weighted by Gasteiger charge is 2.20. The van der Waals surface area contributed by atoms with E-state index in [1.807, 2.05) is 0 Å². The number of halogens is 1. The fraction of sp³-hybridized carbons (Fsp3) is 0.318. The highest BCUT2D eigenvalue weighted by Crippen LogP contribution is 2.26. The molecule has 5 nitrogen and oxygen atoms in total. The monoisotopic (exact) mass is 380 g/mol. The predicted molar refractivity (Wildman–Crippen MR) is 109 cm³/mol. The molecule has 1 unspecified atom stereocenters. The van der Waals surface area contributed by atoms with Crippen molar-refractivity contribution >= 4 is 16.8 Å². The number of carbonyl (C=O) groups is 1. The first-order valence-corrected chi connectivity index (χ1v) is 9.58.